The van der Waals surface area contributed by atoms with E-state index in [1.54, 1.807) is 38.5 Å². The van der Waals surface area contributed by atoms with Gasteiger partial charge in [0.05, 0.1) is 19.9 Å². The van der Waals surface area contributed by atoms with E-state index >= 15 is 0 Å². The van der Waals surface area contributed by atoms with Crippen LogP contribution >= 0.6 is 0 Å². The van der Waals surface area contributed by atoms with E-state index in [1.807, 2.05) is 24.3 Å². The van der Waals surface area contributed by atoms with Crippen LogP contribution in [-0.4, -0.2) is 31.9 Å². The second kappa shape index (κ2) is 7.04. The number of amides is 1. The summed E-state index contributed by atoms with van der Waals surface area (Å²) in [5.74, 6) is 1.27. The lowest BCUT2D eigenvalue weighted by molar-refractivity contribution is -0.125. The second-order valence-corrected chi connectivity index (χ2v) is 5.28. The van der Waals surface area contributed by atoms with Crippen LogP contribution in [0, 0.1) is 0 Å². The van der Waals surface area contributed by atoms with Gasteiger partial charge in [-0.15, -0.1) is 0 Å². The van der Waals surface area contributed by atoms with Gasteiger partial charge in [0.1, 0.15) is 11.5 Å². The molecule has 1 aliphatic rings. The summed E-state index contributed by atoms with van der Waals surface area (Å²) < 4.78 is 10.2. The van der Waals surface area contributed by atoms with Crippen LogP contribution < -0.4 is 14.8 Å². The molecule has 1 unspecified atom stereocenters. The van der Waals surface area contributed by atoms with Gasteiger partial charge in [-0.2, -0.15) is 0 Å². The molecule has 2 aromatic carbocycles. The van der Waals surface area contributed by atoms with E-state index in [0.29, 0.717) is 12.1 Å². The molecular weight excluding hydrogens is 308 g/mol. The van der Waals surface area contributed by atoms with E-state index in [4.69, 9.17) is 14.3 Å². The van der Waals surface area contributed by atoms with Crippen molar-refractivity contribution in [2.24, 2.45) is 5.16 Å². The average molecular weight is 326 g/mol. The minimum atomic E-state index is -0.635. The Morgan fingerprint density at radius 3 is 2.21 bits per heavy atom. The fourth-order valence-corrected chi connectivity index (χ4v) is 2.37. The highest BCUT2D eigenvalue weighted by Gasteiger charge is 2.28. The van der Waals surface area contributed by atoms with E-state index in [-0.39, 0.29) is 5.91 Å². The van der Waals surface area contributed by atoms with Gasteiger partial charge >= 0.3 is 0 Å². The van der Waals surface area contributed by atoms with Crippen LogP contribution in [0.5, 0.6) is 11.5 Å². The first-order valence-electron chi connectivity index (χ1n) is 7.51. The molecule has 1 N–H and O–H groups in total. The topological polar surface area (TPSA) is 69.2 Å². The van der Waals surface area contributed by atoms with Gasteiger partial charge in [0, 0.05) is 12.1 Å². The van der Waals surface area contributed by atoms with Crippen LogP contribution in [0.4, 0.5) is 5.69 Å². The van der Waals surface area contributed by atoms with Crippen molar-refractivity contribution in [3.63, 3.8) is 0 Å². The standard InChI is InChI=1S/C18H18N2O4/c1-22-14-7-3-12(4-8-14)16-11-17(24-20-16)18(21)19-13-5-9-15(23-2)10-6-13/h3-10,17H,11H2,1-2H3,(H,19,21). The Kier molecular flexibility index (Phi) is 4.65. The van der Waals surface area contributed by atoms with Crippen molar-refractivity contribution in [2.45, 2.75) is 12.5 Å². The van der Waals surface area contributed by atoms with Crippen molar-refractivity contribution >= 4 is 17.3 Å². The van der Waals surface area contributed by atoms with Crippen molar-refractivity contribution in [1.29, 1.82) is 0 Å². The molecule has 0 aliphatic carbocycles. The molecule has 0 spiro atoms. The predicted octanol–water partition coefficient (Wildman–Crippen LogP) is 2.84. The van der Waals surface area contributed by atoms with Crippen molar-refractivity contribution in [3.05, 3.63) is 54.1 Å². The first-order valence-corrected chi connectivity index (χ1v) is 7.51. The highest BCUT2D eigenvalue weighted by atomic mass is 16.6. The molecule has 0 saturated carbocycles. The third-order valence-corrected chi connectivity index (χ3v) is 3.74. The lowest BCUT2D eigenvalue weighted by atomic mass is 10.0. The van der Waals surface area contributed by atoms with Crippen LogP contribution in [0.1, 0.15) is 12.0 Å². The molecule has 6 heteroatoms. The highest BCUT2D eigenvalue weighted by molar-refractivity contribution is 6.06. The molecule has 1 heterocycles. The third kappa shape index (κ3) is 3.48. The number of anilines is 1. The van der Waals surface area contributed by atoms with Gasteiger partial charge in [-0.3, -0.25) is 4.79 Å². The van der Waals surface area contributed by atoms with E-state index < -0.39 is 6.10 Å². The molecule has 3 rings (SSSR count). The molecule has 0 bridgehead atoms. The van der Waals surface area contributed by atoms with Gasteiger partial charge in [-0.1, -0.05) is 5.16 Å². The van der Waals surface area contributed by atoms with Crippen molar-refractivity contribution < 1.29 is 19.1 Å². The quantitative estimate of drug-likeness (QED) is 0.917. The Bertz CT molecular complexity index is 739. The van der Waals surface area contributed by atoms with Crippen molar-refractivity contribution in [3.8, 4) is 11.5 Å². The zero-order chi connectivity index (χ0) is 16.9. The molecule has 124 valence electrons. The van der Waals surface area contributed by atoms with E-state index in [0.717, 1.165) is 22.8 Å². The van der Waals surface area contributed by atoms with Gasteiger partial charge in [-0.05, 0) is 54.1 Å². The lowest BCUT2D eigenvalue weighted by Gasteiger charge is -2.10. The second-order valence-electron chi connectivity index (χ2n) is 5.28. The number of carbonyl (C=O) groups is 1. The van der Waals surface area contributed by atoms with Crippen molar-refractivity contribution in [2.75, 3.05) is 19.5 Å². The zero-order valence-corrected chi connectivity index (χ0v) is 13.5. The molecule has 1 amide bonds. The molecule has 2 aromatic rings. The summed E-state index contributed by atoms with van der Waals surface area (Å²) in [5, 5.41) is 6.84. The maximum atomic E-state index is 12.3. The number of carbonyl (C=O) groups excluding carboxylic acids is 1. The third-order valence-electron chi connectivity index (χ3n) is 3.74. The first kappa shape index (κ1) is 15.9. The van der Waals surface area contributed by atoms with E-state index in [1.165, 1.54) is 0 Å². The van der Waals surface area contributed by atoms with Crippen LogP contribution in [0.2, 0.25) is 0 Å². The summed E-state index contributed by atoms with van der Waals surface area (Å²) in [5.41, 5.74) is 2.34. The average Bonchev–Trinajstić information content (AvgIpc) is 3.13. The maximum absolute atomic E-state index is 12.3. The summed E-state index contributed by atoms with van der Waals surface area (Å²) in [4.78, 5) is 17.6. The van der Waals surface area contributed by atoms with Crippen molar-refractivity contribution in [1.82, 2.24) is 0 Å². The fraction of sp³-hybridized carbons (Fsp3) is 0.222. The largest absolute Gasteiger partial charge is 0.497 e. The Morgan fingerprint density at radius 1 is 1.04 bits per heavy atom. The fourth-order valence-electron chi connectivity index (χ4n) is 2.37. The van der Waals surface area contributed by atoms with E-state index in [9.17, 15) is 4.79 Å². The van der Waals surface area contributed by atoms with Gasteiger partial charge < -0.3 is 19.6 Å². The summed E-state index contributed by atoms with van der Waals surface area (Å²) in [6, 6.07) is 14.6. The summed E-state index contributed by atoms with van der Waals surface area (Å²) in [6.45, 7) is 0. The minimum Gasteiger partial charge on any atom is -0.497 e. The van der Waals surface area contributed by atoms with Gasteiger partial charge in [0.2, 0.25) is 6.10 Å². The normalized spacial score (nSPS) is 16.1. The molecule has 6 nitrogen and oxygen atoms in total. The Morgan fingerprint density at radius 2 is 1.62 bits per heavy atom. The van der Waals surface area contributed by atoms with Gasteiger partial charge in [-0.25, -0.2) is 0 Å². The number of oxime groups is 1. The summed E-state index contributed by atoms with van der Waals surface area (Å²) in [7, 11) is 3.21. The lowest BCUT2D eigenvalue weighted by Crippen LogP contribution is -2.28. The Balaban J connectivity index is 1.59. The van der Waals surface area contributed by atoms with Gasteiger partial charge in [0.25, 0.3) is 5.91 Å². The van der Waals surface area contributed by atoms with Crippen LogP contribution in [0.3, 0.4) is 0 Å². The first-order chi connectivity index (χ1) is 11.7. The number of hydrogen-bond donors (Lipinski definition) is 1. The summed E-state index contributed by atoms with van der Waals surface area (Å²) >= 11 is 0. The maximum Gasteiger partial charge on any atom is 0.268 e. The SMILES string of the molecule is COc1ccc(NC(=O)C2CC(c3ccc(OC)cc3)=NO2)cc1. The Labute approximate surface area is 140 Å². The molecule has 24 heavy (non-hydrogen) atoms. The van der Waals surface area contributed by atoms with Crippen LogP contribution in [0.25, 0.3) is 0 Å². The minimum absolute atomic E-state index is 0.229. The van der Waals surface area contributed by atoms with Crippen LogP contribution in [0.15, 0.2) is 53.7 Å². The molecule has 0 fully saturated rings. The number of benzene rings is 2. The number of methoxy groups -OCH3 is 2. The number of rotatable bonds is 5. The Hall–Kier alpha value is -3.02. The molecule has 0 aromatic heterocycles. The predicted molar refractivity (Wildman–Crippen MR) is 90.6 cm³/mol. The highest BCUT2D eigenvalue weighted by Crippen LogP contribution is 2.21. The number of ether oxygens (including phenoxy) is 2. The number of nitrogens with zero attached hydrogens (tertiary/aromatic N) is 1. The molecule has 1 aliphatic heterocycles. The number of hydrogen-bond acceptors (Lipinski definition) is 5. The van der Waals surface area contributed by atoms with Crippen LogP contribution in [-0.2, 0) is 9.63 Å². The molecule has 1 atom stereocenters. The number of nitrogens with one attached hydrogen (secondary N) is 1. The molecular formula is C18H18N2O4. The summed E-state index contributed by atoms with van der Waals surface area (Å²) in [6.07, 6.45) is -0.210. The van der Waals surface area contributed by atoms with Gasteiger partial charge in [0.15, 0.2) is 0 Å². The smallest absolute Gasteiger partial charge is 0.268 e. The monoisotopic (exact) mass is 326 g/mol. The van der Waals surface area contributed by atoms with E-state index in [2.05, 4.69) is 10.5 Å². The molecule has 0 radical (unpaired) electrons. The molecule has 0 saturated heterocycles. The zero-order valence-electron chi connectivity index (χ0n) is 13.5.